The SMILES string of the molecule is O=C(CC(c1ccccc1[N+](=O)[O-])c1cn(Cc2ccccc2)c2ccccc12)NCc1ccco1. The molecule has 1 unspecified atom stereocenters. The molecule has 0 aliphatic carbocycles. The fourth-order valence-electron chi connectivity index (χ4n) is 4.66. The molecule has 5 aromatic rings. The van der Waals surface area contributed by atoms with Crippen LogP contribution < -0.4 is 5.32 Å². The Balaban J connectivity index is 1.56. The Labute approximate surface area is 208 Å². The van der Waals surface area contributed by atoms with E-state index in [0.29, 0.717) is 17.9 Å². The summed E-state index contributed by atoms with van der Waals surface area (Å²) >= 11 is 0. The first-order valence-corrected chi connectivity index (χ1v) is 11.7. The molecule has 0 fully saturated rings. The summed E-state index contributed by atoms with van der Waals surface area (Å²) in [6, 6.07) is 28.3. The summed E-state index contributed by atoms with van der Waals surface area (Å²) in [7, 11) is 0. The number of hydrogen-bond acceptors (Lipinski definition) is 4. The highest BCUT2D eigenvalue weighted by molar-refractivity contribution is 5.87. The molecule has 2 aromatic heterocycles. The normalized spacial score (nSPS) is 11.9. The predicted molar refractivity (Wildman–Crippen MR) is 138 cm³/mol. The zero-order valence-electron chi connectivity index (χ0n) is 19.5. The van der Waals surface area contributed by atoms with Crippen LogP contribution in [0.5, 0.6) is 0 Å². The molecule has 0 saturated carbocycles. The van der Waals surface area contributed by atoms with Gasteiger partial charge < -0.3 is 14.3 Å². The zero-order chi connectivity index (χ0) is 24.9. The van der Waals surface area contributed by atoms with Gasteiger partial charge in [-0.3, -0.25) is 14.9 Å². The number of nitrogens with zero attached hydrogens (tertiary/aromatic N) is 2. The average Bonchev–Trinajstić information content (AvgIpc) is 3.55. The van der Waals surface area contributed by atoms with Crippen molar-refractivity contribution in [2.45, 2.75) is 25.4 Å². The molecule has 0 aliphatic rings. The minimum Gasteiger partial charge on any atom is -0.467 e. The highest BCUT2D eigenvalue weighted by Gasteiger charge is 2.28. The first-order chi connectivity index (χ1) is 17.6. The van der Waals surface area contributed by atoms with Crippen LogP contribution in [0.4, 0.5) is 5.69 Å². The van der Waals surface area contributed by atoms with Crippen LogP contribution >= 0.6 is 0 Å². The molecule has 7 heteroatoms. The van der Waals surface area contributed by atoms with Gasteiger partial charge in [-0.15, -0.1) is 0 Å². The number of fused-ring (bicyclic) bond motifs is 1. The summed E-state index contributed by atoms with van der Waals surface area (Å²) in [5.41, 5.74) is 3.54. The topological polar surface area (TPSA) is 90.3 Å². The second kappa shape index (κ2) is 10.3. The summed E-state index contributed by atoms with van der Waals surface area (Å²) in [5.74, 6) is -0.0791. The standard InChI is InChI=1S/C29H25N3O4/c33-29(30-18-22-11-8-16-36-22)17-25(23-12-5-7-15-28(23)32(34)35)26-20-31(19-21-9-2-1-3-10-21)27-14-6-4-13-24(26)27/h1-16,20,25H,17-19H2,(H,30,33). The van der Waals surface area contributed by atoms with E-state index in [2.05, 4.69) is 22.0 Å². The van der Waals surface area contributed by atoms with Gasteiger partial charge in [0.2, 0.25) is 5.91 Å². The van der Waals surface area contributed by atoms with Crippen molar-refractivity contribution in [3.8, 4) is 0 Å². The molecule has 1 amide bonds. The lowest BCUT2D eigenvalue weighted by Crippen LogP contribution is -2.25. The van der Waals surface area contributed by atoms with E-state index in [9.17, 15) is 14.9 Å². The summed E-state index contributed by atoms with van der Waals surface area (Å²) in [6.45, 7) is 0.904. The Morgan fingerprint density at radius 1 is 0.917 bits per heavy atom. The second-order valence-electron chi connectivity index (χ2n) is 8.64. The number of aromatic nitrogens is 1. The molecule has 1 atom stereocenters. The van der Waals surface area contributed by atoms with Gasteiger partial charge in [-0.2, -0.15) is 0 Å². The van der Waals surface area contributed by atoms with Gasteiger partial charge in [0.25, 0.3) is 5.69 Å². The third-order valence-corrected chi connectivity index (χ3v) is 6.33. The highest BCUT2D eigenvalue weighted by Crippen LogP contribution is 2.38. The van der Waals surface area contributed by atoms with Gasteiger partial charge in [0.05, 0.1) is 17.7 Å². The molecule has 0 bridgehead atoms. The molecule has 36 heavy (non-hydrogen) atoms. The first-order valence-electron chi connectivity index (χ1n) is 11.7. The van der Waals surface area contributed by atoms with Gasteiger partial charge in [0.15, 0.2) is 0 Å². The quantitative estimate of drug-likeness (QED) is 0.206. The molecule has 180 valence electrons. The van der Waals surface area contributed by atoms with E-state index in [4.69, 9.17) is 4.42 Å². The van der Waals surface area contributed by atoms with Gasteiger partial charge in [0.1, 0.15) is 5.76 Å². The van der Waals surface area contributed by atoms with Crippen LogP contribution in [0.3, 0.4) is 0 Å². The van der Waals surface area contributed by atoms with E-state index in [0.717, 1.165) is 22.0 Å². The number of rotatable bonds is 9. The summed E-state index contributed by atoms with van der Waals surface area (Å²) in [6.07, 6.45) is 3.64. The number of carbonyl (C=O) groups is 1. The number of benzene rings is 3. The summed E-state index contributed by atoms with van der Waals surface area (Å²) < 4.78 is 7.46. The van der Waals surface area contributed by atoms with Gasteiger partial charge in [-0.25, -0.2) is 0 Å². The van der Waals surface area contributed by atoms with Crippen LogP contribution in [-0.2, 0) is 17.9 Å². The molecule has 2 heterocycles. The number of nitrogens with one attached hydrogen (secondary N) is 1. The number of hydrogen-bond donors (Lipinski definition) is 1. The lowest BCUT2D eigenvalue weighted by atomic mass is 9.87. The maximum atomic E-state index is 13.1. The van der Waals surface area contributed by atoms with E-state index in [1.807, 2.05) is 48.7 Å². The average molecular weight is 480 g/mol. The zero-order valence-corrected chi connectivity index (χ0v) is 19.5. The van der Waals surface area contributed by atoms with Crippen LogP contribution in [0.15, 0.2) is 108 Å². The largest absolute Gasteiger partial charge is 0.467 e. The Hall–Kier alpha value is -4.65. The molecule has 3 aromatic carbocycles. The number of amides is 1. The van der Waals surface area contributed by atoms with Crippen molar-refractivity contribution in [1.29, 1.82) is 0 Å². The molecule has 1 N–H and O–H groups in total. The Morgan fingerprint density at radius 3 is 2.44 bits per heavy atom. The summed E-state index contributed by atoms with van der Waals surface area (Å²) in [4.78, 5) is 24.6. The van der Waals surface area contributed by atoms with Crippen LogP contribution in [0.1, 0.15) is 34.8 Å². The molecule has 0 aliphatic heterocycles. The molecule has 7 nitrogen and oxygen atoms in total. The van der Waals surface area contributed by atoms with Crippen molar-refractivity contribution >= 4 is 22.5 Å². The minimum absolute atomic E-state index is 0.00113. The van der Waals surface area contributed by atoms with Crippen molar-refractivity contribution in [2.75, 3.05) is 0 Å². The van der Waals surface area contributed by atoms with E-state index >= 15 is 0 Å². The van der Waals surface area contributed by atoms with Gasteiger partial charge in [0, 0.05) is 47.6 Å². The third-order valence-electron chi connectivity index (χ3n) is 6.33. The number of nitro groups is 1. The van der Waals surface area contributed by atoms with E-state index in [-0.39, 0.29) is 29.5 Å². The van der Waals surface area contributed by atoms with Crippen molar-refractivity contribution in [1.82, 2.24) is 9.88 Å². The van der Waals surface area contributed by atoms with Gasteiger partial charge in [-0.1, -0.05) is 66.7 Å². The fourth-order valence-corrected chi connectivity index (χ4v) is 4.66. The molecule has 0 saturated heterocycles. The minimum atomic E-state index is -0.509. The third kappa shape index (κ3) is 4.90. The van der Waals surface area contributed by atoms with E-state index < -0.39 is 5.92 Å². The Bertz CT molecular complexity index is 1490. The van der Waals surface area contributed by atoms with Crippen molar-refractivity contribution in [3.05, 3.63) is 136 Å². The van der Waals surface area contributed by atoms with E-state index in [1.165, 1.54) is 6.07 Å². The van der Waals surface area contributed by atoms with Crippen LogP contribution in [0.25, 0.3) is 10.9 Å². The smallest absolute Gasteiger partial charge is 0.273 e. The molecule has 0 spiro atoms. The summed E-state index contributed by atoms with van der Waals surface area (Å²) in [5, 5.41) is 15.8. The van der Waals surface area contributed by atoms with Crippen molar-refractivity contribution in [3.63, 3.8) is 0 Å². The molecular formula is C29H25N3O4. The van der Waals surface area contributed by atoms with Crippen LogP contribution in [0.2, 0.25) is 0 Å². The lowest BCUT2D eigenvalue weighted by molar-refractivity contribution is -0.385. The molecular weight excluding hydrogens is 454 g/mol. The monoisotopic (exact) mass is 479 g/mol. The maximum absolute atomic E-state index is 13.1. The van der Waals surface area contributed by atoms with Crippen LogP contribution in [-0.4, -0.2) is 15.4 Å². The van der Waals surface area contributed by atoms with Crippen molar-refractivity contribution in [2.24, 2.45) is 0 Å². The van der Waals surface area contributed by atoms with Crippen LogP contribution in [0, 0.1) is 10.1 Å². The number of furan rings is 1. The predicted octanol–water partition coefficient (Wildman–Crippen LogP) is 6.03. The Morgan fingerprint density at radius 2 is 1.67 bits per heavy atom. The second-order valence-corrected chi connectivity index (χ2v) is 8.64. The number of para-hydroxylation sites is 2. The number of nitro benzene ring substituents is 1. The molecule has 0 radical (unpaired) electrons. The van der Waals surface area contributed by atoms with E-state index in [1.54, 1.807) is 36.6 Å². The van der Waals surface area contributed by atoms with Crippen molar-refractivity contribution < 1.29 is 14.1 Å². The van der Waals surface area contributed by atoms with Gasteiger partial charge in [-0.05, 0) is 29.3 Å². The molecule has 5 rings (SSSR count). The first kappa shape index (κ1) is 23.1. The van der Waals surface area contributed by atoms with Gasteiger partial charge >= 0.3 is 0 Å². The lowest BCUT2D eigenvalue weighted by Gasteiger charge is -2.17. The highest BCUT2D eigenvalue weighted by atomic mass is 16.6. The number of carbonyl (C=O) groups excluding carboxylic acids is 1. The Kier molecular flexibility index (Phi) is 6.62. The maximum Gasteiger partial charge on any atom is 0.273 e. The fraction of sp³-hybridized carbons (Fsp3) is 0.138.